The van der Waals surface area contributed by atoms with Gasteiger partial charge in [0.15, 0.2) is 5.78 Å². The molecule has 0 heterocycles. The summed E-state index contributed by atoms with van der Waals surface area (Å²) in [5.74, 6) is 1.14. The van der Waals surface area contributed by atoms with Crippen LogP contribution in [0, 0.1) is 5.92 Å². The zero-order valence-corrected chi connectivity index (χ0v) is 14.6. The van der Waals surface area contributed by atoms with Gasteiger partial charge in [0.05, 0.1) is 6.61 Å². The second-order valence-corrected chi connectivity index (χ2v) is 6.51. The van der Waals surface area contributed by atoms with E-state index in [2.05, 4.69) is 13.0 Å². The molecule has 0 atom stereocenters. The van der Waals surface area contributed by atoms with E-state index in [0.29, 0.717) is 0 Å². The van der Waals surface area contributed by atoms with Gasteiger partial charge >= 0.3 is 0 Å². The maximum Gasteiger partial charge on any atom is 0.165 e. The SMILES string of the molecule is CCCCCCCOc1ccc2cc(C(=O)C(C)C)ccc2c1. The van der Waals surface area contributed by atoms with E-state index in [1.54, 1.807) is 0 Å². The van der Waals surface area contributed by atoms with Gasteiger partial charge in [0, 0.05) is 11.5 Å². The van der Waals surface area contributed by atoms with Crippen molar-refractivity contribution in [2.45, 2.75) is 52.9 Å². The number of hydrogen-bond donors (Lipinski definition) is 0. The summed E-state index contributed by atoms with van der Waals surface area (Å²) in [4.78, 5) is 12.1. The number of carbonyl (C=O) groups is 1. The third-order valence-electron chi connectivity index (χ3n) is 4.14. The predicted molar refractivity (Wildman–Crippen MR) is 97.4 cm³/mol. The van der Waals surface area contributed by atoms with Crippen LogP contribution in [0.2, 0.25) is 0 Å². The van der Waals surface area contributed by atoms with Crippen molar-refractivity contribution in [3.05, 3.63) is 42.0 Å². The normalized spacial score (nSPS) is 11.1. The lowest BCUT2D eigenvalue weighted by Gasteiger charge is -2.09. The highest BCUT2D eigenvalue weighted by molar-refractivity contribution is 6.01. The summed E-state index contributed by atoms with van der Waals surface area (Å²) < 4.78 is 5.84. The Labute approximate surface area is 139 Å². The maximum atomic E-state index is 12.1. The second kappa shape index (κ2) is 8.71. The minimum absolute atomic E-state index is 0.0303. The zero-order valence-electron chi connectivity index (χ0n) is 14.6. The molecule has 0 saturated heterocycles. The van der Waals surface area contributed by atoms with Crippen LogP contribution >= 0.6 is 0 Å². The molecular formula is C21H28O2. The van der Waals surface area contributed by atoms with Crippen LogP contribution < -0.4 is 4.74 Å². The Kier molecular flexibility index (Phi) is 6.64. The van der Waals surface area contributed by atoms with E-state index in [1.165, 1.54) is 25.7 Å². The lowest BCUT2D eigenvalue weighted by atomic mass is 9.98. The molecule has 0 bridgehead atoms. The number of rotatable bonds is 9. The molecule has 0 unspecified atom stereocenters. The van der Waals surface area contributed by atoms with Gasteiger partial charge in [0.1, 0.15) is 5.75 Å². The van der Waals surface area contributed by atoms with Crippen molar-refractivity contribution < 1.29 is 9.53 Å². The first-order valence-electron chi connectivity index (χ1n) is 8.82. The van der Waals surface area contributed by atoms with E-state index < -0.39 is 0 Å². The number of fused-ring (bicyclic) bond motifs is 1. The number of carbonyl (C=O) groups excluding carboxylic acids is 1. The summed E-state index contributed by atoms with van der Waals surface area (Å²) in [6.45, 7) is 6.87. The third kappa shape index (κ3) is 5.09. The van der Waals surface area contributed by atoms with Crippen LogP contribution in [0.25, 0.3) is 10.8 Å². The van der Waals surface area contributed by atoms with Gasteiger partial charge in [-0.25, -0.2) is 0 Å². The largest absolute Gasteiger partial charge is 0.494 e. The van der Waals surface area contributed by atoms with Crippen LogP contribution in [0.3, 0.4) is 0 Å². The fourth-order valence-electron chi connectivity index (χ4n) is 2.70. The van der Waals surface area contributed by atoms with Gasteiger partial charge in [-0.3, -0.25) is 4.79 Å². The van der Waals surface area contributed by atoms with E-state index in [9.17, 15) is 4.79 Å². The molecule has 0 N–H and O–H groups in total. The molecule has 0 saturated carbocycles. The highest BCUT2D eigenvalue weighted by Gasteiger charge is 2.10. The molecule has 0 spiro atoms. The minimum Gasteiger partial charge on any atom is -0.494 e. The first-order valence-corrected chi connectivity index (χ1v) is 8.82. The van der Waals surface area contributed by atoms with Crippen molar-refractivity contribution >= 4 is 16.6 Å². The molecule has 2 rings (SSSR count). The summed E-state index contributed by atoms with van der Waals surface area (Å²) in [6, 6.07) is 12.0. The van der Waals surface area contributed by atoms with Crippen LogP contribution in [0.5, 0.6) is 5.75 Å². The minimum atomic E-state index is 0.0303. The average Bonchev–Trinajstić information content (AvgIpc) is 2.56. The third-order valence-corrected chi connectivity index (χ3v) is 4.14. The Hall–Kier alpha value is -1.83. The summed E-state index contributed by atoms with van der Waals surface area (Å²) in [7, 11) is 0. The number of ether oxygens (including phenoxy) is 1. The van der Waals surface area contributed by atoms with E-state index in [1.807, 2.05) is 44.2 Å². The standard InChI is InChI=1S/C21H28O2/c1-4-5-6-7-8-13-23-20-12-11-17-14-19(21(22)16(2)3)10-9-18(17)15-20/h9-12,14-16H,4-8,13H2,1-3H3. The lowest BCUT2D eigenvalue weighted by molar-refractivity contribution is 0.0939. The summed E-state index contributed by atoms with van der Waals surface area (Å²) >= 11 is 0. The number of Topliss-reactive ketones (excluding diaryl/α,β-unsaturated/α-hetero) is 1. The molecule has 23 heavy (non-hydrogen) atoms. The Balaban J connectivity index is 1.97. The Bertz CT molecular complexity index is 643. The molecule has 0 fully saturated rings. The van der Waals surface area contributed by atoms with Gasteiger partial charge in [-0.2, -0.15) is 0 Å². The van der Waals surface area contributed by atoms with E-state index >= 15 is 0 Å². The molecule has 0 amide bonds. The molecule has 0 aliphatic heterocycles. The highest BCUT2D eigenvalue weighted by atomic mass is 16.5. The fraction of sp³-hybridized carbons (Fsp3) is 0.476. The van der Waals surface area contributed by atoms with Crippen LogP contribution in [-0.4, -0.2) is 12.4 Å². The average molecular weight is 312 g/mol. The molecule has 2 aromatic carbocycles. The number of unbranched alkanes of at least 4 members (excludes halogenated alkanes) is 4. The monoisotopic (exact) mass is 312 g/mol. The molecule has 2 aromatic rings. The quantitative estimate of drug-likeness (QED) is 0.417. The Morgan fingerprint density at radius 2 is 1.65 bits per heavy atom. The molecule has 124 valence electrons. The van der Waals surface area contributed by atoms with Crippen molar-refractivity contribution in [3.63, 3.8) is 0 Å². The first-order chi connectivity index (χ1) is 11.1. The van der Waals surface area contributed by atoms with Crippen LogP contribution in [0.15, 0.2) is 36.4 Å². The smallest absolute Gasteiger partial charge is 0.165 e. The van der Waals surface area contributed by atoms with E-state index in [0.717, 1.165) is 35.1 Å². The van der Waals surface area contributed by atoms with Crippen molar-refractivity contribution in [2.24, 2.45) is 5.92 Å². The molecule has 2 nitrogen and oxygen atoms in total. The molecule has 2 heteroatoms. The summed E-state index contributed by atoms with van der Waals surface area (Å²) in [5.41, 5.74) is 0.789. The number of ketones is 1. The van der Waals surface area contributed by atoms with E-state index in [4.69, 9.17) is 4.74 Å². The van der Waals surface area contributed by atoms with Crippen molar-refractivity contribution in [1.82, 2.24) is 0 Å². The van der Waals surface area contributed by atoms with Crippen LogP contribution in [0.4, 0.5) is 0 Å². The number of benzene rings is 2. The van der Waals surface area contributed by atoms with Gasteiger partial charge in [-0.1, -0.05) is 64.7 Å². The van der Waals surface area contributed by atoms with Gasteiger partial charge in [0.25, 0.3) is 0 Å². The molecule has 0 aliphatic rings. The van der Waals surface area contributed by atoms with Crippen molar-refractivity contribution in [3.8, 4) is 5.75 Å². The maximum absolute atomic E-state index is 12.1. The van der Waals surface area contributed by atoms with Crippen molar-refractivity contribution in [2.75, 3.05) is 6.61 Å². The van der Waals surface area contributed by atoms with Crippen LogP contribution in [0.1, 0.15) is 63.2 Å². The van der Waals surface area contributed by atoms with E-state index in [-0.39, 0.29) is 11.7 Å². The lowest BCUT2D eigenvalue weighted by Crippen LogP contribution is -2.06. The number of hydrogen-bond acceptors (Lipinski definition) is 2. The molecule has 0 aromatic heterocycles. The van der Waals surface area contributed by atoms with Crippen molar-refractivity contribution in [1.29, 1.82) is 0 Å². The topological polar surface area (TPSA) is 26.3 Å². The zero-order chi connectivity index (χ0) is 16.7. The molecular weight excluding hydrogens is 284 g/mol. The molecule has 0 aliphatic carbocycles. The first kappa shape index (κ1) is 17.5. The molecule has 0 radical (unpaired) electrons. The predicted octanol–water partition coefficient (Wildman–Crippen LogP) is 6.03. The summed E-state index contributed by atoms with van der Waals surface area (Å²) in [6.07, 6.45) is 6.23. The van der Waals surface area contributed by atoms with Gasteiger partial charge in [0.2, 0.25) is 0 Å². The van der Waals surface area contributed by atoms with Gasteiger partial charge in [-0.15, -0.1) is 0 Å². The summed E-state index contributed by atoms with van der Waals surface area (Å²) in [5, 5.41) is 2.21. The van der Waals surface area contributed by atoms with Crippen LogP contribution in [-0.2, 0) is 0 Å². The van der Waals surface area contributed by atoms with Gasteiger partial charge < -0.3 is 4.74 Å². The fourth-order valence-corrected chi connectivity index (χ4v) is 2.70. The Morgan fingerprint density at radius 1 is 0.957 bits per heavy atom. The highest BCUT2D eigenvalue weighted by Crippen LogP contribution is 2.23. The Morgan fingerprint density at radius 3 is 2.39 bits per heavy atom. The second-order valence-electron chi connectivity index (χ2n) is 6.51. The van der Waals surface area contributed by atoms with Gasteiger partial charge in [-0.05, 0) is 35.4 Å².